The highest BCUT2D eigenvalue weighted by atomic mass is 16.6. The molecule has 1 aromatic heterocycles. The lowest BCUT2D eigenvalue weighted by atomic mass is 10.1. The lowest BCUT2D eigenvalue weighted by Crippen LogP contribution is -2.25. The zero-order valence-corrected chi connectivity index (χ0v) is 14.2. The van der Waals surface area contributed by atoms with Crippen molar-refractivity contribution in [2.75, 3.05) is 13.2 Å². The van der Waals surface area contributed by atoms with Crippen molar-refractivity contribution in [2.45, 2.75) is 25.9 Å². The van der Waals surface area contributed by atoms with E-state index in [1.165, 1.54) is 0 Å². The number of carbonyl (C=O) groups is 1. The summed E-state index contributed by atoms with van der Waals surface area (Å²) < 4.78 is 16.5. The highest BCUT2D eigenvalue weighted by Crippen LogP contribution is 2.30. The third-order valence-corrected chi connectivity index (χ3v) is 3.81. The van der Waals surface area contributed by atoms with E-state index in [2.05, 4.69) is 4.98 Å². The van der Waals surface area contributed by atoms with Crippen LogP contribution in [0.3, 0.4) is 0 Å². The Morgan fingerprint density at radius 2 is 2.20 bits per heavy atom. The average molecular weight is 339 g/mol. The Bertz CT molecular complexity index is 737. The fraction of sp³-hybridized carbons (Fsp3) is 0.300. The van der Waals surface area contributed by atoms with Gasteiger partial charge in [0.25, 0.3) is 0 Å². The second-order valence-electron chi connectivity index (χ2n) is 5.65. The second-order valence-corrected chi connectivity index (χ2v) is 5.65. The molecule has 1 fully saturated rings. The number of ether oxygens (including phenoxy) is 3. The molecule has 1 atom stereocenters. The van der Waals surface area contributed by atoms with Gasteiger partial charge in [-0.1, -0.05) is 18.2 Å². The van der Waals surface area contributed by atoms with Crippen LogP contribution in [-0.2, 0) is 9.53 Å². The van der Waals surface area contributed by atoms with E-state index >= 15 is 0 Å². The van der Waals surface area contributed by atoms with Crippen molar-refractivity contribution in [3.8, 4) is 11.5 Å². The van der Waals surface area contributed by atoms with Crippen molar-refractivity contribution >= 4 is 18.1 Å². The third-order valence-electron chi connectivity index (χ3n) is 3.81. The zero-order chi connectivity index (χ0) is 17.5. The molecule has 0 amide bonds. The summed E-state index contributed by atoms with van der Waals surface area (Å²) in [4.78, 5) is 16.4. The predicted octanol–water partition coefficient (Wildman–Crippen LogP) is 3.74. The van der Waals surface area contributed by atoms with Gasteiger partial charge in [0.1, 0.15) is 0 Å². The van der Waals surface area contributed by atoms with E-state index in [9.17, 15) is 4.79 Å². The van der Waals surface area contributed by atoms with Crippen molar-refractivity contribution in [1.29, 1.82) is 0 Å². The molecular formula is C20H21NO4. The van der Waals surface area contributed by atoms with Crippen LogP contribution < -0.4 is 9.47 Å². The second kappa shape index (κ2) is 8.44. The third kappa shape index (κ3) is 4.67. The van der Waals surface area contributed by atoms with E-state index in [4.69, 9.17) is 14.2 Å². The van der Waals surface area contributed by atoms with Gasteiger partial charge in [0.15, 0.2) is 17.6 Å². The van der Waals surface area contributed by atoms with E-state index in [-0.39, 0.29) is 5.97 Å². The molecule has 3 rings (SSSR count). The van der Waals surface area contributed by atoms with E-state index in [1.807, 2.05) is 49.4 Å². The predicted molar refractivity (Wildman–Crippen MR) is 95.4 cm³/mol. The molecule has 1 aliphatic heterocycles. The molecule has 0 saturated carbocycles. The molecule has 2 heterocycles. The lowest BCUT2D eigenvalue weighted by Gasteiger charge is -2.13. The topological polar surface area (TPSA) is 57.7 Å². The number of hydrogen-bond acceptors (Lipinski definition) is 5. The molecule has 0 spiro atoms. The smallest absolute Gasteiger partial charge is 0.340 e. The molecule has 0 radical (unpaired) electrons. The summed E-state index contributed by atoms with van der Waals surface area (Å²) in [5.74, 6) is 0.588. The van der Waals surface area contributed by atoms with Crippen LogP contribution in [0.15, 0.2) is 42.6 Å². The summed E-state index contributed by atoms with van der Waals surface area (Å²) in [5.41, 5.74) is 1.81. The number of benzene rings is 1. The van der Waals surface area contributed by atoms with Crippen molar-refractivity contribution in [3.05, 3.63) is 53.9 Å². The molecule has 1 aromatic carbocycles. The first-order valence-electron chi connectivity index (χ1n) is 8.45. The van der Waals surface area contributed by atoms with Crippen LogP contribution in [0.1, 0.15) is 31.0 Å². The monoisotopic (exact) mass is 339 g/mol. The maximum Gasteiger partial charge on any atom is 0.340 e. The average Bonchev–Trinajstić information content (AvgIpc) is 3.18. The molecule has 1 saturated heterocycles. The van der Waals surface area contributed by atoms with Crippen molar-refractivity contribution in [3.63, 3.8) is 0 Å². The summed E-state index contributed by atoms with van der Waals surface area (Å²) in [5, 5.41) is 0. The fourth-order valence-electron chi connectivity index (χ4n) is 2.57. The summed E-state index contributed by atoms with van der Waals surface area (Å²) in [7, 11) is 0. The molecule has 0 bridgehead atoms. The van der Waals surface area contributed by atoms with Crippen molar-refractivity contribution in [1.82, 2.24) is 4.98 Å². The summed E-state index contributed by atoms with van der Waals surface area (Å²) in [6.07, 6.45) is 6.72. The Kier molecular flexibility index (Phi) is 5.80. The first-order valence-corrected chi connectivity index (χ1v) is 8.45. The van der Waals surface area contributed by atoms with Crippen LogP contribution in [-0.4, -0.2) is 30.3 Å². The largest absolute Gasteiger partial charge is 0.490 e. The first-order chi connectivity index (χ1) is 12.3. The molecule has 25 heavy (non-hydrogen) atoms. The van der Waals surface area contributed by atoms with E-state index in [0.717, 1.165) is 17.7 Å². The van der Waals surface area contributed by atoms with Crippen LogP contribution in [0.2, 0.25) is 0 Å². The molecule has 5 heteroatoms. The molecule has 130 valence electrons. The standard InChI is InChI=1S/C20H21NO4/c1-2-23-19-14-15(8-10-16-6-3-4-12-21-16)9-11-17(19)25-20(22)18-7-5-13-24-18/h3-4,6,8-12,14,18H,2,5,7,13H2,1H3/b10-8+. The maximum absolute atomic E-state index is 12.1. The molecule has 0 N–H and O–H groups in total. The lowest BCUT2D eigenvalue weighted by molar-refractivity contribution is -0.144. The Hall–Kier alpha value is -2.66. The van der Waals surface area contributed by atoms with E-state index in [1.54, 1.807) is 12.3 Å². The summed E-state index contributed by atoms with van der Waals surface area (Å²) in [6.45, 7) is 2.98. The Morgan fingerprint density at radius 1 is 1.28 bits per heavy atom. The fourth-order valence-corrected chi connectivity index (χ4v) is 2.57. The van der Waals surface area contributed by atoms with Gasteiger partial charge in [-0.3, -0.25) is 4.98 Å². The van der Waals surface area contributed by atoms with Gasteiger partial charge < -0.3 is 14.2 Å². The highest BCUT2D eigenvalue weighted by molar-refractivity contribution is 5.78. The van der Waals surface area contributed by atoms with Crippen molar-refractivity contribution in [2.24, 2.45) is 0 Å². The Labute approximate surface area is 147 Å². The number of esters is 1. The SMILES string of the molecule is CCOc1cc(/C=C/c2ccccn2)ccc1OC(=O)C1CCCO1. The van der Waals surface area contributed by atoms with Gasteiger partial charge >= 0.3 is 5.97 Å². The first kappa shape index (κ1) is 17.2. The number of hydrogen-bond donors (Lipinski definition) is 0. The normalized spacial score (nSPS) is 16.9. The molecular weight excluding hydrogens is 318 g/mol. The minimum Gasteiger partial charge on any atom is -0.490 e. The van der Waals surface area contributed by atoms with Crippen molar-refractivity contribution < 1.29 is 19.0 Å². The Balaban J connectivity index is 1.75. The molecule has 1 unspecified atom stereocenters. The number of rotatable bonds is 6. The van der Waals surface area contributed by atoms with Gasteiger partial charge in [-0.25, -0.2) is 4.79 Å². The zero-order valence-electron chi connectivity index (χ0n) is 14.2. The summed E-state index contributed by atoms with van der Waals surface area (Å²) in [6, 6.07) is 11.2. The van der Waals surface area contributed by atoms with E-state index < -0.39 is 6.10 Å². The number of nitrogens with zero attached hydrogens (tertiary/aromatic N) is 1. The van der Waals surface area contributed by atoms with Gasteiger partial charge in [-0.2, -0.15) is 0 Å². The van der Waals surface area contributed by atoms with Gasteiger partial charge in [-0.05, 0) is 55.7 Å². The van der Waals surface area contributed by atoms with E-state index in [0.29, 0.717) is 31.1 Å². The minimum atomic E-state index is -0.474. The van der Waals surface area contributed by atoms with Crippen LogP contribution >= 0.6 is 0 Å². The number of carbonyl (C=O) groups excluding carboxylic acids is 1. The van der Waals surface area contributed by atoms with Crippen LogP contribution in [0.4, 0.5) is 0 Å². The Morgan fingerprint density at radius 3 is 2.92 bits per heavy atom. The molecule has 1 aliphatic rings. The van der Waals surface area contributed by atoms with Gasteiger partial charge in [0.05, 0.1) is 12.3 Å². The number of pyridine rings is 1. The quantitative estimate of drug-likeness (QED) is 0.593. The molecule has 5 nitrogen and oxygen atoms in total. The number of aromatic nitrogens is 1. The van der Waals surface area contributed by atoms with Gasteiger partial charge in [0, 0.05) is 12.8 Å². The molecule has 0 aliphatic carbocycles. The van der Waals surface area contributed by atoms with Crippen LogP contribution in [0, 0.1) is 0 Å². The van der Waals surface area contributed by atoms with Gasteiger partial charge in [-0.15, -0.1) is 0 Å². The van der Waals surface area contributed by atoms with Crippen LogP contribution in [0.25, 0.3) is 12.2 Å². The van der Waals surface area contributed by atoms with Gasteiger partial charge in [0.2, 0.25) is 0 Å². The highest BCUT2D eigenvalue weighted by Gasteiger charge is 2.26. The summed E-state index contributed by atoms with van der Waals surface area (Å²) >= 11 is 0. The van der Waals surface area contributed by atoms with Crippen LogP contribution in [0.5, 0.6) is 11.5 Å². The maximum atomic E-state index is 12.1. The minimum absolute atomic E-state index is 0.366. The molecule has 2 aromatic rings.